The Balaban J connectivity index is 2.50. The molecular formula is C11H14ClFN2O3S. The van der Waals surface area contributed by atoms with Crippen LogP contribution < -0.4 is 10.6 Å². The zero-order valence-electron chi connectivity index (χ0n) is 10.2. The highest BCUT2D eigenvalue weighted by atomic mass is 35.5. The van der Waals surface area contributed by atoms with Gasteiger partial charge in [-0.2, -0.15) is 0 Å². The van der Waals surface area contributed by atoms with Gasteiger partial charge in [0.1, 0.15) is 5.82 Å². The van der Waals surface area contributed by atoms with Crippen molar-refractivity contribution < 1.29 is 17.6 Å². The Kier molecular flexibility index (Phi) is 5.56. The Hall–Kier alpha value is -1.34. The first-order valence-corrected chi connectivity index (χ1v) is 7.74. The largest absolute Gasteiger partial charge is 0.337 e. The molecule has 0 saturated carbocycles. The molecule has 0 saturated heterocycles. The number of halogens is 2. The molecule has 0 spiro atoms. The Bertz CT molecular complexity index is 563. The van der Waals surface area contributed by atoms with Crippen LogP contribution in [0.2, 0.25) is 5.02 Å². The molecule has 0 fully saturated rings. The minimum atomic E-state index is -3.14. The van der Waals surface area contributed by atoms with E-state index in [4.69, 9.17) is 11.6 Å². The third-order valence-electron chi connectivity index (χ3n) is 2.32. The van der Waals surface area contributed by atoms with Crippen molar-refractivity contribution in [1.29, 1.82) is 0 Å². The third kappa shape index (κ3) is 5.44. The van der Waals surface area contributed by atoms with Crippen molar-refractivity contribution in [2.45, 2.75) is 6.92 Å². The molecule has 0 aliphatic carbocycles. The van der Waals surface area contributed by atoms with E-state index in [-0.39, 0.29) is 28.8 Å². The number of urea groups is 1. The normalized spacial score (nSPS) is 11.1. The molecule has 2 amide bonds. The smallest absolute Gasteiger partial charge is 0.319 e. The molecule has 1 aromatic rings. The fraction of sp³-hybridized carbons (Fsp3) is 0.364. The maximum Gasteiger partial charge on any atom is 0.319 e. The van der Waals surface area contributed by atoms with Gasteiger partial charge in [0.15, 0.2) is 9.84 Å². The molecule has 0 atom stereocenters. The molecular weight excluding hydrogens is 295 g/mol. The van der Waals surface area contributed by atoms with E-state index < -0.39 is 21.7 Å². The summed E-state index contributed by atoms with van der Waals surface area (Å²) in [5.41, 5.74) is -0.0663. The van der Waals surface area contributed by atoms with Crippen LogP contribution in [0.5, 0.6) is 0 Å². The summed E-state index contributed by atoms with van der Waals surface area (Å²) in [4.78, 5) is 11.4. The van der Waals surface area contributed by atoms with Crippen LogP contribution in [0.4, 0.5) is 14.9 Å². The fourth-order valence-corrected chi connectivity index (χ4v) is 2.10. The van der Waals surface area contributed by atoms with Crippen LogP contribution in [0.25, 0.3) is 0 Å². The molecule has 106 valence electrons. The molecule has 0 unspecified atom stereocenters. The van der Waals surface area contributed by atoms with Crippen LogP contribution in [-0.2, 0) is 9.84 Å². The summed E-state index contributed by atoms with van der Waals surface area (Å²) in [5.74, 6) is -0.769. The van der Waals surface area contributed by atoms with Crippen LogP contribution in [0.3, 0.4) is 0 Å². The summed E-state index contributed by atoms with van der Waals surface area (Å²) in [7, 11) is -3.14. The zero-order valence-corrected chi connectivity index (χ0v) is 11.8. The van der Waals surface area contributed by atoms with E-state index in [1.165, 1.54) is 19.1 Å². The molecule has 0 bridgehead atoms. The number of amides is 2. The van der Waals surface area contributed by atoms with Crippen LogP contribution >= 0.6 is 11.6 Å². The third-order valence-corrected chi connectivity index (χ3v) is 4.26. The fourth-order valence-electron chi connectivity index (χ4n) is 1.22. The van der Waals surface area contributed by atoms with Gasteiger partial charge >= 0.3 is 6.03 Å². The second kappa shape index (κ2) is 6.72. The number of anilines is 1. The first kappa shape index (κ1) is 15.7. The highest BCUT2D eigenvalue weighted by Gasteiger charge is 2.10. The number of benzene rings is 1. The van der Waals surface area contributed by atoms with Gasteiger partial charge in [-0.15, -0.1) is 0 Å². The quantitative estimate of drug-likeness (QED) is 0.874. The van der Waals surface area contributed by atoms with Crippen molar-refractivity contribution in [2.75, 3.05) is 23.4 Å². The highest BCUT2D eigenvalue weighted by molar-refractivity contribution is 7.91. The maximum absolute atomic E-state index is 13.3. The van der Waals surface area contributed by atoms with Gasteiger partial charge in [0.2, 0.25) is 0 Å². The summed E-state index contributed by atoms with van der Waals surface area (Å²) in [5, 5.41) is 4.86. The van der Waals surface area contributed by atoms with E-state index in [2.05, 4.69) is 10.6 Å². The SMILES string of the molecule is CCS(=O)(=O)CCNC(=O)Nc1cc(Cl)ccc1F. The van der Waals surface area contributed by atoms with E-state index in [1.54, 1.807) is 0 Å². The lowest BCUT2D eigenvalue weighted by Crippen LogP contribution is -2.33. The number of carbonyl (C=O) groups excluding carboxylic acids is 1. The topological polar surface area (TPSA) is 75.3 Å². The first-order chi connectivity index (χ1) is 8.84. The highest BCUT2D eigenvalue weighted by Crippen LogP contribution is 2.19. The average Bonchev–Trinajstić information content (AvgIpc) is 2.33. The maximum atomic E-state index is 13.3. The Morgan fingerprint density at radius 2 is 2.11 bits per heavy atom. The summed E-state index contributed by atoms with van der Waals surface area (Å²) in [6.07, 6.45) is 0. The molecule has 0 heterocycles. The van der Waals surface area contributed by atoms with Crippen molar-refractivity contribution in [1.82, 2.24) is 5.32 Å². The Morgan fingerprint density at radius 3 is 2.74 bits per heavy atom. The lowest BCUT2D eigenvalue weighted by molar-refractivity contribution is 0.252. The number of hydrogen-bond donors (Lipinski definition) is 2. The lowest BCUT2D eigenvalue weighted by atomic mass is 10.3. The first-order valence-electron chi connectivity index (χ1n) is 5.54. The number of carbonyl (C=O) groups is 1. The molecule has 1 aromatic carbocycles. The van der Waals surface area contributed by atoms with Crippen molar-refractivity contribution in [2.24, 2.45) is 0 Å². The van der Waals surface area contributed by atoms with Gasteiger partial charge in [-0.1, -0.05) is 18.5 Å². The Labute approximate surface area is 116 Å². The van der Waals surface area contributed by atoms with E-state index in [0.717, 1.165) is 6.07 Å². The molecule has 1 rings (SSSR count). The van der Waals surface area contributed by atoms with Gasteiger partial charge in [-0.25, -0.2) is 17.6 Å². The van der Waals surface area contributed by atoms with Crippen LogP contribution in [0, 0.1) is 5.82 Å². The molecule has 0 aliphatic heterocycles. The van der Waals surface area contributed by atoms with E-state index in [9.17, 15) is 17.6 Å². The monoisotopic (exact) mass is 308 g/mol. The molecule has 19 heavy (non-hydrogen) atoms. The van der Waals surface area contributed by atoms with Gasteiger partial charge in [0, 0.05) is 17.3 Å². The van der Waals surface area contributed by atoms with Gasteiger partial charge in [-0.05, 0) is 18.2 Å². The van der Waals surface area contributed by atoms with Gasteiger partial charge < -0.3 is 10.6 Å². The van der Waals surface area contributed by atoms with Crippen molar-refractivity contribution in [3.8, 4) is 0 Å². The van der Waals surface area contributed by atoms with Crippen molar-refractivity contribution in [3.63, 3.8) is 0 Å². The minimum Gasteiger partial charge on any atom is -0.337 e. The van der Waals surface area contributed by atoms with E-state index >= 15 is 0 Å². The number of hydrogen-bond acceptors (Lipinski definition) is 3. The van der Waals surface area contributed by atoms with E-state index in [1.807, 2.05) is 0 Å². The summed E-state index contributed by atoms with van der Waals surface area (Å²) in [6.45, 7) is 1.49. The molecule has 0 aromatic heterocycles. The molecule has 0 radical (unpaired) electrons. The second-order valence-corrected chi connectivity index (χ2v) is 6.65. The second-order valence-electron chi connectivity index (χ2n) is 3.74. The lowest BCUT2D eigenvalue weighted by Gasteiger charge is -2.08. The summed E-state index contributed by atoms with van der Waals surface area (Å²) < 4.78 is 35.7. The predicted molar refractivity (Wildman–Crippen MR) is 72.8 cm³/mol. The number of nitrogens with one attached hydrogen (secondary N) is 2. The molecule has 8 heteroatoms. The van der Waals surface area contributed by atoms with Crippen molar-refractivity contribution >= 4 is 33.2 Å². The van der Waals surface area contributed by atoms with Gasteiger partial charge in [-0.3, -0.25) is 0 Å². The summed E-state index contributed by atoms with van der Waals surface area (Å²) in [6, 6.07) is 3.06. The van der Waals surface area contributed by atoms with Crippen LogP contribution in [-0.4, -0.2) is 32.5 Å². The van der Waals surface area contributed by atoms with Gasteiger partial charge in [0.05, 0.1) is 11.4 Å². The number of sulfone groups is 1. The van der Waals surface area contributed by atoms with Crippen molar-refractivity contribution in [3.05, 3.63) is 29.0 Å². The van der Waals surface area contributed by atoms with Crippen LogP contribution in [0.15, 0.2) is 18.2 Å². The molecule has 2 N–H and O–H groups in total. The predicted octanol–water partition coefficient (Wildman–Crippen LogP) is 2.04. The van der Waals surface area contributed by atoms with Crippen LogP contribution in [0.1, 0.15) is 6.92 Å². The number of rotatable bonds is 5. The summed E-state index contributed by atoms with van der Waals surface area (Å²) >= 11 is 5.67. The molecule has 0 aliphatic rings. The minimum absolute atomic E-state index is 0.0131. The standard InChI is InChI=1S/C11H14ClFN2O3S/c1-2-19(17,18)6-5-14-11(16)15-10-7-8(12)3-4-9(10)13/h3-4,7H,2,5-6H2,1H3,(H2,14,15,16). The molecule has 5 nitrogen and oxygen atoms in total. The Morgan fingerprint density at radius 1 is 1.42 bits per heavy atom. The van der Waals surface area contributed by atoms with E-state index in [0.29, 0.717) is 0 Å². The average molecular weight is 309 g/mol. The zero-order chi connectivity index (χ0) is 14.5. The van der Waals surface area contributed by atoms with Gasteiger partial charge in [0.25, 0.3) is 0 Å².